The number of rotatable bonds is 12. The molecule has 0 aromatic rings. The maximum atomic E-state index is 12.1. The molecule has 0 unspecified atom stereocenters. The van der Waals surface area contributed by atoms with Crippen LogP contribution in [0.4, 0.5) is 0 Å². The van der Waals surface area contributed by atoms with Gasteiger partial charge in [-0.2, -0.15) is 0 Å². The third-order valence-electron chi connectivity index (χ3n) is 19.0. The van der Waals surface area contributed by atoms with E-state index in [-0.39, 0.29) is 58.5 Å². The number of fused-ring (bicyclic) bond motifs is 2. The second-order valence-corrected chi connectivity index (χ2v) is 23.1. The molecule has 5 saturated carbocycles. The highest BCUT2D eigenvalue weighted by Crippen LogP contribution is 2.89. The summed E-state index contributed by atoms with van der Waals surface area (Å²) in [5.74, 6) is -0.198. The van der Waals surface area contributed by atoms with Gasteiger partial charge in [0.2, 0.25) is 0 Å². The Labute approximate surface area is 375 Å². The molecule has 370 valence electrons. The van der Waals surface area contributed by atoms with E-state index in [1.165, 1.54) is 0 Å². The number of hydrogen-bond donors (Lipinski definition) is 12. The van der Waals surface area contributed by atoms with Crippen molar-refractivity contribution in [3.8, 4) is 0 Å². The van der Waals surface area contributed by atoms with E-state index in [4.69, 9.17) is 28.4 Å². The van der Waals surface area contributed by atoms with Crippen LogP contribution in [0.5, 0.6) is 0 Å². The standard InChI is InChI=1S/C46H78O18/c1-20(8-9-27(51)42(4,5)58)29-21(48)15-44(7)26-14-24(61-40-34(56)32(54)31(53)25(16-47)62-40)37-41(2,3)28(10-11-46(37)19-45(26,46)13-12-43(29,44)6)63-39-35(57)36(23(50)18-60-39)64-38-33(55)30(52)22(49)17-59-38/h20-40,47-58H,8-19H2,1-7H3/t20-,21+,22-,23-,24+,25-,26+,27+,28+,29+,30+,31-,32+,33-,34-,35-,36+,37+,38+,39+,40-,43-,44+,45+,46-/m1/s1. The number of aliphatic hydroxyl groups excluding tert-OH is 11. The minimum Gasteiger partial charge on any atom is -0.394 e. The van der Waals surface area contributed by atoms with Gasteiger partial charge < -0.3 is 89.7 Å². The average molecular weight is 919 g/mol. The van der Waals surface area contributed by atoms with Crippen molar-refractivity contribution in [2.45, 2.75) is 216 Å². The van der Waals surface area contributed by atoms with Crippen molar-refractivity contribution in [3.63, 3.8) is 0 Å². The van der Waals surface area contributed by atoms with Crippen LogP contribution in [0.1, 0.15) is 106 Å². The molecule has 2 spiro atoms. The lowest BCUT2D eigenvalue weighted by Gasteiger charge is -2.65. The van der Waals surface area contributed by atoms with Crippen LogP contribution in [-0.4, -0.2) is 191 Å². The summed E-state index contributed by atoms with van der Waals surface area (Å²) in [6.45, 7) is 12.9. The van der Waals surface area contributed by atoms with Crippen molar-refractivity contribution >= 4 is 0 Å². The van der Waals surface area contributed by atoms with E-state index in [0.29, 0.717) is 38.5 Å². The van der Waals surface area contributed by atoms with E-state index in [2.05, 4.69) is 34.6 Å². The Morgan fingerprint density at radius 2 is 1.33 bits per heavy atom. The molecule has 18 heteroatoms. The van der Waals surface area contributed by atoms with Crippen LogP contribution in [0.25, 0.3) is 0 Å². The zero-order valence-corrected chi connectivity index (χ0v) is 38.4. The van der Waals surface area contributed by atoms with Gasteiger partial charge in [-0.05, 0) is 122 Å². The predicted molar refractivity (Wildman–Crippen MR) is 222 cm³/mol. The van der Waals surface area contributed by atoms with Gasteiger partial charge in [-0.1, -0.05) is 34.6 Å². The summed E-state index contributed by atoms with van der Waals surface area (Å²) in [4.78, 5) is 0. The van der Waals surface area contributed by atoms with E-state index in [9.17, 15) is 61.3 Å². The van der Waals surface area contributed by atoms with Gasteiger partial charge in [-0.3, -0.25) is 0 Å². The molecule has 8 fully saturated rings. The molecule has 0 radical (unpaired) electrons. The molecule has 8 aliphatic rings. The lowest BCUT2D eigenvalue weighted by atomic mass is 9.41. The molecule has 8 rings (SSSR count). The molecule has 12 N–H and O–H groups in total. The second-order valence-electron chi connectivity index (χ2n) is 23.1. The van der Waals surface area contributed by atoms with Crippen molar-refractivity contribution < 1.29 is 89.7 Å². The normalized spacial score (nSPS) is 54.5. The first-order chi connectivity index (χ1) is 29.8. The molecule has 0 bridgehead atoms. The van der Waals surface area contributed by atoms with E-state index in [1.807, 2.05) is 0 Å². The van der Waals surface area contributed by atoms with E-state index in [1.54, 1.807) is 13.8 Å². The van der Waals surface area contributed by atoms with E-state index >= 15 is 0 Å². The first kappa shape index (κ1) is 49.7. The Hall–Kier alpha value is -0.720. The summed E-state index contributed by atoms with van der Waals surface area (Å²) in [5, 5.41) is 130. The Morgan fingerprint density at radius 3 is 1.98 bits per heavy atom. The molecule has 3 heterocycles. The fraction of sp³-hybridized carbons (Fsp3) is 1.00. The number of aliphatic hydroxyl groups is 12. The van der Waals surface area contributed by atoms with Gasteiger partial charge in [0.05, 0.1) is 49.8 Å². The first-order valence-corrected chi connectivity index (χ1v) is 23.8. The van der Waals surface area contributed by atoms with Crippen LogP contribution in [0.2, 0.25) is 0 Å². The molecule has 3 saturated heterocycles. The molecule has 64 heavy (non-hydrogen) atoms. The first-order valence-electron chi connectivity index (χ1n) is 23.8. The van der Waals surface area contributed by atoms with E-state index in [0.717, 1.165) is 19.3 Å². The molecule has 3 aliphatic heterocycles. The van der Waals surface area contributed by atoms with Gasteiger partial charge in [-0.25, -0.2) is 0 Å². The highest BCUT2D eigenvalue weighted by molar-refractivity contribution is 5.33. The fourth-order valence-corrected chi connectivity index (χ4v) is 15.4. The van der Waals surface area contributed by atoms with Crippen molar-refractivity contribution in [1.82, 2.24) is 0 Å². The molecule has 0 amide bonds. The maximum Gasteiger partial charge on any atom is 0.186 e. The lowest BCUT2D eigenvalue weighted by Crippen LogP contribution is -2.65. The second kappa shape index (κ2) is 17.3. The lowest BCUT2D eigenvalue weighted by molar-refractivity contribution is -0.351. The SMILES string of the molecule is C[C@H](CC[C@H](O)C(C)(C)O)[C@H]1[C@@H](O)C[C@@]2(C)[C@@H]3C[C@H](O[C@@H]4O[C@H](CO)[C@@H](O)[C@H](O)[C@H]4O)[C@H]4C(C)(C)[C@@H](O[C@@H]5OC[C@@H](O)[C@H](O[C@@H]6OC[C@@H](O)[C@H](O)[C@H]6O)[C@H]5O)CC[C@@]45C[C@@]35CC[C@]12C. The summed E-state index contributed by atoms with van der Waals surface area (Å²) in [7, 11) is 0. The van der Waals surface area contributed by atoms with Gasteiger partial charge in [0.1, 0.15) is 61.0 Å². The Kier molecular flexibility index (Phi) is 13.4. The quantitative estimate of drug-likeness (QED) is 0.105. The van der Waals surface area contributed by atoms with Crippen LogP contribution >= 0.6 is 0 Å². The monoisotopic (exact) mass is 919 g/mol. The highest BCUT2D eigenvalue weighted by Gasteiger charge is 2.85. The molecule has 0 aromatic heterocycles. The smallest absolute Gasteiger partial charge is 0.186 e. The average Bonchev–Trinajstić information content (AvgIpc) is 3.82. The van der Waals surface area contributed by atoms with E-state index < -0.39 is 122 Å². The van der Waals surface area contributed by atoms with Crippen molar-refractivity contribution in [2.75, 3.05) is 19.8 Å². The van der Waals surface area contributed by atoms with Gasteiger partial charge in [0.15, 0.2) is 18.9 Å². The van der Waals surface area contributed by atoms with Gasteiger partial charge >= 0.3 is 0 Å². The minimum absolute atomic E-state index is 0.0493. The number of hydrogen-bond acceptors (Lipinski definition) is 18. The minimum atomic E-state index is -1.65. The molecule has 5 aliphatic carbocycles. The third kappa shape index (κ3) is 7.68. The summed E-state index contributed by atoms with van der Waals surface area (Å²) in [5.41, 5.74) is -3.01. The topological polar surface area (TPSA) is 298 Å². The van der Waals surface area contributed by atoms with Crippen LogP contribution in [0.3, 0.4) is 0 Å². The summed E-state index contributed by atoms with van der Waals surface area (Å²) in [6.07, 6.45) is -15.5. The highest BCUT2D eigenvalue weighted by atomic mass is 16.7. The number of ether oxygens (including phenoxy) is 6. The molecule has 0 aromatic carbocycles. The Bertz CT molecular complexity index is 1650. The van der Waals surface area contributed by atoms with Crippen LogP contribution < -0.4 is 0 Å². The van der Waals surface area contributed by atoms with Crippen LogP contribution in [-0.2, 0) is 28.4 Å². The molecule has 18 nitrogen and oxygen atoms in total. The van der Waals surface area contributed by atoms with Crippen LogP contribution in [0, 0.1) is 50.7 Å². The predicted octanol–water partition coefficient (Wildman–Crippen LogP) is -0.973. The zero-order valence-electron chi connectivity index (χ0n) is 38.4. The Morgan fingerprint density at radius 1 is 0.688 bits per heavy atom. The summed E-state index contributed by atoms with van der Waals surface area (Å²) >= 11 is 0. The van der Waals surface area contributed by atoms with Crippen LogP contribution in [0.15, 0.2) is 0 Å². The van der Waals surface area contributed by atoms with Gasteiger partial charge in [-0.15, -0.1) is 0 Å². The van der Waals surface area contributed by atoms with Gasteiger partial charge in [0.25, 0.3) is 0 Å². The Balaban J connectivity index is 1.08. The largest absolute Gasteiger partial charge is 0.394 e. The molecular weight excluding hydrogens is 840 g/mol. The van der Waals surface area contributed by atoms with Crippen molar-refractivity contribution in [2.24, 2.45) is 50.7 Å². The molecule has 25 atom stereocenters. The fourth-order valence-electron chi connectivity index (χ4n) is 15.4. The summed E-state index contributed by atoms with van der Waals surface area (Å²) < 4.78 is 36.8. The zero-order chi connectivity index (χ0) is 46.9. The van der Waals surface area contributed by atoms with Gasteiger partial charge in [0, 0.05) is 0 Å². The molecular formula is C46H78O18. The van der Waals surface area contributed by atoms with Crippen molar-refractivity contribution in [1.29, 1.82) is 0 Å². The maximum absolute atomic E-state index is 12.1. The third-order valence-corrected chi connectivity index (χ3v) is 19.0. The van der Waals surface area contributed by atoms with Crippen molar-refractivity contribution in [3.05, 3.63) is 0 Å². The summed E-state index contributed by atoms with van der Waals surface area (Å²) in [6, 6.07) is 0.